The lowest BCUT2D eigenvalue weighted by molar-refractivity contribution is 0.0956. The Morgan fingerprint density at radius 2 is 2.00 bits per heavy atom. The van der Waals surface area contributed by atoms with Gasteiger partial charge in [0.25, 0.3) is 0 Å². The second kappa shape index (κ2) is 5.42. The number of benzene rings is 1. The first-order chi connectivity index (χ1) is 8.19. The molecule has 0 saturated heterocycles. The molecule has 0 N–H and O–H groups in total. The van der Waals surface area contributed by atoms with Gasteiger partial charge in [0.15, 0.2) is 0 Å². The number of hydrogen-bond acceptors (Lipinski definition) is 2. The second-order valence-electron chi connectivity index (χ2n) is 4.76. The van der Waals surface area contributed by atoms with Crippen molar-refractivity contribution in [2.75, 3.05) is 0 Å². The largest absolute Gasteiger partial charge is 0.489 e. The normalized spacial score (nSPS) is 28.4. The summed E-state index contributed by atoms with van der Waals surface area (Å²) in [5.74, 6) is 1.45. The highest BCUT2D eigenvalue weighted by Gasteiger charge is 2.30. The molecule has 0 spiro atoms. The summed E-state index contributed by atoms with van der Waals surface area (Å²) >= 11 is 5.83. The molecule has 0 heterocycles. The van der Waals surface area contributed by atoms with E-state index in [1.54, 1.807) is 0 Å². The number of rotatable bonds is 2. The van der Waals surface area contributed by atoms with Gasteiger partial charge in [-0.1, -0.05) is 18.5 Å². The summed E-state index contributed by atoms with van der Waals surface area (Å²) in [7, 11) is 0. The molecular weight excluding hydrogens is 234 g/mol. The molecule has 3 unspecified atom stereocenters. The van der Waals surface area contributed by atoms with E-state index < -0.39 is 0 Å². The van der Waals surface area contributed by atoms with Crippen LogP contribution >= 0.6 is 11.6 Å². The zero-order valence-corrected chi connectivity index (χ0v) is 10.7. The molecule has 90 valence electrons. The van der Waals surface area contributed by atoms with Gasteiger partial charge in [-0.05, 0) is 49.4 Å². The molecule has 3 atom stereocenters. The number of ether oxygens (including phenoxy) is 1. The molecule has 1 saturated carbocycles. The lowest BCUT2D eigenvalue weighted by Crippen LogP contribution is -2.32. The summed E-state index contributed by atoms with van der Waals surface area (Å²) in [6.45, 7) is 2.21. The molecule has 0 bridgehead atoms. The van der Waals surface area contributed by atoms with Crippen molar-refractivity contribution >= 4 is 11.6 Å². The Morgan fingerprint density at radius 3 is 2.65 bits per heavy atom. The molecule has 1 aromatic carbocycles. The van der Waals surface area contributed by atoms with Crippen molar-refractivity contribution in [1.82, 2.24) is 0 Å². The molecule has 17 heavy (non-hydrogen) atoms. The van der Waals surface area contributed by atoms with Gasteiger partial charge in [-0.25, -0.2) is 0 Å². The van der Waals surface area contributed by atoms with E-state index in [1.165, 1.54) is 0 Å². The van der Waals surface area contributed by atoms with Gasteiger partial charge in [-0.2, -0.15) is 5.26 Å². The Bertz CT molecular complexity index is 409. The summed E-state index contributed by atoms with van der Waals surface area (Å²) in [6.07, 6.45) is 3.04. The minimum atomic E-state index is 0.0156. The summed E-state index contributed by atoms with van der Waals surface area (Å²) in [5, 5.41) is 9.82. The van der Waals surface area contributed by atoms with Crippen LogP contribution in [0.25, 0.3) is 0 Å². The van der Waals surface area contributed by atoms with Crippen LogP contribution < -0.4 is 4.74 Å². The monoisotopic (exact) mass is 249 g/mol. The van der Waals surface area contributed by atoms with E-state index in [2.05, 4.69) is 13.0 Å². The van der Waals surface area contributed by atoms with E-state index in [1.807, 2.05) is 24.3 Å². The summed E-state index contributed by atoms with van der Waals surface area (Å²) in [4.78, 5) is 0. The van der Waals surface area contributed by atoms with Crippen molar-refractivity contribution in [2.45, 2.75) is 32.3 Å². The Labute approximate surface area is 107 Å². The molecule has 1 aliphatic carbocycles. The van der Waals surface area contributed by atoms with Crippen molar-refractivity contribution in [3.8, 4) is 11.8 Å². The van der Waals surface area contributed by atoms with Crippen molar-refractivity contribution in [3.05, 3.63) is 29.3 Å². The van der Waals surface area contributed by atoms with Gasteiger partial charge in [0, 0.05) is 5.02 Å². The predicted molar refractivity (Wildman–Crippen MR) is 68.0 cm³/mol. The van der Waals surface area contributed by atoms with E-state index in [0.29, 0.717) is 10.9 Å². The van der Waals surface area contributed by atoms with Crippen LogP contribution in [0.3, 0.4) is 0 Å². The van der Waals surface area contributed by atoms with Crippen LogP contribution in [-0.4, -0.2) is 6.10 Å². The maximum atomic E-state index is 9.12. The quantitative estimate of drug-likeness (QED) is 0.792. The van der Waals surface area contributed by atoms with Crippen LogP contribution in [0.15, 0.2) is 24.3 Å². The van der Waals surface area contributed by atoms with Gasteiger partial charge in [-0.3, -0.25) is 0 Å². The third-order valence-corrected chi connectivity index (χ3v) is 3.57. The Morgan fingerprint density at radius 1 is 1.29 bits per heavy atom. The molecular formula is C14H16ClNO. The fourth-order valence-electron chi connectivity index (χ4n) is 2.29. The highest BCUT2D eigenvalue weighted by Crippen LogP contribution is 2.31. The average Bonchev–Trinajstić information content (AvgIpc) is 2.32. The van der Waals surface area contributed by atoms with E-state index in [9.17, 15) is 0 Å². The van der Waals surface area contributed by atoms with Crippen molar-refractivity contribution in [1.29, 1.82) is 5.26 Å². The molecule has 0 amide bonds. The van der Waals surface area contributed by atoms with Crippen LogP contribution in [0.5, 0.6) is 5.75 Å². The molecule has 3 heteroatoms. The Kier molecular flexibility index (Phi) is 3.91. The lowest BCUT2D eigenvalue weighted by atomic mass is 9.81. The first kappa shape index (κ1) is 12.3. The molecule has 0 aliphatic heterocycles. The zero-order chi connectivity index (χ0) is 12.3. The van der Waals surface area contributed by atoms with E-state index >= 15 is 0 Å². The smallest absolute Gasteiger partial charge is 0.119 e. The van der Waals surface area contributed by atoms with Crippen molar-refractivity contribution in [2.24, 2.45) is 11.8 Å². The third-order valence-electron chi connectivity index (χ3n) is 3.32. The minimum absolute atomic E-state index is 0.0156. The maximum absolute atomic E-state index is 9.12. The third kappa shape index (κ3) is 3.14. The Hall–Kier alpha value is -1.20. The van der Waals surface area contributed by atoms with Crippen LogP contribution in [0, 0.1) is 23.2 Å². The van der Waals surface area contributed by atoms with Crippen LogP contribution in [0.1, 0.15) is 26.2 Å². The van der Waals surface area contributed by atoms with Gasteiger partial charge in [0.05, 0.1) is 12.0 Å². The predicted octanol–water partition coefficient (Wildman–Crippen LogP) is 4.05. The molecule has 2 nitrogen and oxygen atoms in total. The highest BCUT2D eigenvalue weighted by atomic mass is 35.5. The first-order valence-corrected chi connectivity index (χ1v) is 6.38. The minimum Gasteiger partial charge on any atom is -0.489 e. The highest BCUT2D eigenvalue weighted by molar-refractivity contribution is 6.30. The van der Waals surface area contributed by atoms with E-state index in [4.69, 9.17) is 21.6 Å². The summed E-state index contributed by atoms with van der Waals surface area (Å²) in [5.41, 5.74) is 0. The van der Waals surface area contributed by atoms with Crippen LogP contribution in [-0.2, 0) is 0 Å². The molecule has 0 aromatic heterocycles. The molecule has 1 aromatic rings. The van der Waals surface area contributed by atoms with Gasteiger partial charge in [0.2, 0.25) is 0 Å². The SMILES string of the molecule is CC1CCC(C#N)C(Oc2ccc(Cl)cc2)C1. The van der Waals surface area contributed by atoms with Crippen LogP contribution in [0.2, 0.25) is 5.02 Å². The zero-order valence-electron chi connectivity index (χ0n) is 9.90. The Balaban J connectivity index is 2.05. The van der Waals surface area contributed by atoms with E-state index in [0.717, 1.165) is 25.0 Å². The molecule has 2 rings (SSSR count). The lowest BCUT2D eigenvalue weighted by Gasteiger charge is -2.31. The number of halogens is 1. The maximum Gasteiger partial charge on any atom is 0.119 e. The van der Waals surface area contributed by atoms with Crippen molar-refractivity contribution < 1.29 is 4.74 Å². The second-order valence-corrected chi connectivity index (χ2v) is 5.20. The topological polar surface area (TPSA) is 33.0 Å². The van der Waals surface area contributed by atoms with Crippen LogP contribution in [0.4, 0.5) is 0 Å². The molecule has 1 aliphatic rings. The fraction of sp³-hybridized carbons (Fsp3) is 0.500. The standard InChI is InChI=1S/C14H16ClNO/c1-10-2-3-11(9-16)14(8-10)17-13-6-4-12(15)5-7-13/h4-7,10-11,14H,2-3,8H2,1H3. The number of hydrogen-bond donors (Lipinski definition) is 0. The fourth-order valence-corrected chi connectivity index (χ4v) is 2.42. The molecule has 0 radical (unpaired) electrons. The van der Waals surface area contributed by atoms with Gasteiger partial charge in [0.1, 0.15) is 11.9 Å². The number of nitriles is 1. The summed E-state index contributed by atoms with van der Waals surface area (Å²) in [6, 6.07) is 9.69. The van der Waals surface area contributed by atoms with E-state index in [-0.39, 0.29) is 12.0 Å². The average molecular weight is 250 g/mol. The number of nitrogens with zero attached hydrogens (tertiary/aromatic N) is 1. The first-order valence-electron chi connectivity index (χ1n) is 6.01. The molecule has 1 fully saturated rings. The van der Waals surface area contributed by atoms with Crippen molar-refractivity contribution in [3.63, 3.8) is 0 Å². The van der Waals surface area contributed by atoms with Gasteiger partial charge < -0.3 is 4.74 Å². The summed E-state index contributed by atoms with van der Waals surface area (Å²) < 4.78 is 5.90. The van der Waals surface area contributed by atoms with Gasteiger partial charge >= 0.3 is 0 Å². The van der Waals surface area contributed by atoms with Gasteiger partial charge in [-0.15, -0.1) is 0 Å².